The minimum absolute atomic E-state index is 0.117. The Morgan fingerprint density at radius 1 is 1.12 bits per heavy atom. The Morgan fingerprint density at radius 3 is 2.73 bits per heavy atom. The van der Waals surface area contributed by atoms with Crippen molar-refractivity contribution in [2.75, 3.05) is 24.7 Å². The molecule has 2 heterocycles. The smallest absolute Gasteiger partial charge is 0.159 e. The van der Waals surface area contributed by atoms with E-state index in [0.717, 1.165) is 60.8 Å². The molecule has 0 radical (unpaired) electrons. The summed E-state index contributed by atoms with van der Waals surface area (Å²) in [6.07, 6.45) is 3.54. The molecule has 1 aliphatic heterocycles. The van der Waals surface area contributed by atoms with E-state index in [0.29, 0.717) is 0 Å². The van der Waals surface area contributed by atoms with Gasteiger partial charge in [-0.3, -0.25) is 5.10 Å². The summed E-state index contributed by atoms with van der Waals surface area (Å²) in [7, 11) is 0. The van der Waals surface area contributed by atoms with Gasteiger partial charge >= 0.3 is 0 Å². The van der Waals surface area contributed by atoms with Crippen molar-refractivity contribution in [1.82, 2.24) is 10.2 Å². The molecule has 0 saturated carbocycles. The monoisotopic (exact) mass is 371 g/mol. The molecule has 2 aromatic carbocycles. The molecule has 136 valence electrons. The number of aromatic nitrogens is 2. The molecule has 0 aliphatic carbocycles. The molecule has 0 atom stereocenters. The lowest BCUT2D eigenvalue weighted by molar-refractivity contribution is -0.179. The molecule has 1 fully saturated rings. The number of H-pyrrole nitrogens is 1. The van der Waals surface area contributed by atoms with Crippen LogP contribution in [0, 0.1) is 0 Å². The maximum Gasteiger partial charge on any atom is 0.159 e. The first-order valence-corrected chi connectivity index (χ1v) is 9.31. The molecule has 1 N–H and O–H groups in total. The van der Waals surface area contributed by atoms with Crippen molar-refractivity contribution >= 4 is 28.2 Å². The summed E-state index contributed by atoms with van der Waals surface area (Å²) in [6, 6.07) is 14.4. The van der Waals surface area contributed by atoms with E-state index >= 15 is 0 Å². The van der Waals surface area contributed by atoms with Crippen LogP contribution in [-0.4, -0.2) is 36.2 Å². The normalized spacial score (nSPS) is 15.4. The lowest BCUT2D eigenvalue weighted by Gasteiger charge is -2.29. The minimum atomic E-state index is -0.117. The first-order chi connectivity index (χ1) is 12.8. The quantitative estimate of drug-likeness (QED) is 0.698. The molecule has 1 saturated heterocycles. The predicted octanol–water partition coefficient (Wildman–Crippen LogP) is 4.38. The van der Waals surface area contributed by atoms with Crippen molar-refractivity contribution in [2.24, 2.45) is 0 Å². The van der Waals surface area contributed by atoms with Crippen molar-refractivity contribution in [1.29, 1.82) is 0 Å². The maximum atomic E-state index is 6.02. The van der Waals surface area contributed by atoms with Crippen LogP contribution in [0.3, 0.4) is 0 Å². The van der Waals surface area contributed by atoms with Crippen LogP contribution in [0.5, 0.6) is 0 Å². The van der Waals surface area contributed by atoms with Gasteiger partial charge < -0.3 is 14.4 Å². The fourth-order valence-corrected chi connectivity index (χ4v) is 3.33. The highest BCUT2D eigenvalue weighted by Crippen LogP contribution is 2.24. The second kappa shape index (κ2) is 8.08. The van der Waals surface area contributed by atoms with Gasteiger partial charge in [-0.15, -0.1) is 0 Å². The van der Waals surface area contributed by atoms with E-state index in [4.69, 9.17) is 21.1 Å². The van der Waals surface area contributed by atoms with Crippen molar-refractivity contribution in [3.8, 4) is 0 Å². The van der Waals surface area contributed by atoms with E-state index in [1.807, 2.05) is 18.3 Å². The van der Waals surface area contributed by atoms with Gasteiger partial charge in [0.1, 0.15) is 0 Å². The third-order valence-corrected chi connectivity index (χ3v) is 4.86. The van der Waals surface area contributed by atoms with Crippen LogP contribution in [0.4, 0.5) is 5.69 Å². The number of halogens is 1. The molecule has 0 bridgehead atoms. The summed E-state index contributed by atoms with van der Waals surface area (Å²) in [4.78, 5) is 2.34. The minimum Gasteiger partial charge on any atom is -0.367 e. The number of rotatable bonds is 6. The van der Waals surface area contributed by atoms with E-state index in [1.54, 1.807) is 0 Å². The first kappa shape index (κ1) is 17.3. The highest BCUT2D eigenvalue weighted by atomic mass is 35.5. The molecular formula is C20H22ClN3O2. The molecule has 6 heteroatoms. The predicted molar refractivity (Wildman–Crippen MR) is 104 cm³/mol. The first-order valence-electron chi connectivity index (χ1n) is 8.94. The summed E-state index contributed by atoms with van der Waals surface area (Å²) in [5, 5.41) is 8.98. The van der Waals surface area contributed by atoms with Crippen LogP contribution in [-0.2, 0) is 16.0 Å². The summed E-state index contributed by atoms with van der Waals surface area (Å²) in [6.45, 7) is 3.20. The van der Waals surface area contributed by atoms with Gasteiger partial charge in [0.15, 0.2) is 6.29 Å². The number of hydrogen-bond donors (Lipinski definition) is 1. The van der Waals surface area contributed by atoms with E-state index in [9.17, 15) is 0 Å². The number of fused-ring (bicyclic) bond motifs is 1. The average molecular weight is 372 g/mol. The van der Waals surface area contributed by atoms with Crippen LogP contribution in [0.1, 0.15) is 18.4 Å². The van der Waals surface area contributed by atoms with Crippen molar-refractivity contribution in [3.63, 3.8) is 0 Å². The van der Waals surface area contributed by atoms with Crippen LogP contribution in [0.2, 0.25) is 5.02 Å². The number of anilines is 1. The third kappa shape index (κ3) is 4.18. The van der Waals surface area contributed by atoms with Gasteiger partial charge in [-0.25, -0.2) is 0 Å². The number of ether oxygens (including phenoxy) is 2. The Balaban J connectivity index is 1.53. The van der Waals surface area contributed by atoms with Crippen LogP contribution in [0.25, 0.3) is 10.9 Å². The van der Waals surface area contributed by atoms with Gasteiger partial charge in [0.25, 0.3) is 0 Å². The molecule has 26 heavy (non-hydrogen) atoms. The molecule has 3 aromatic rings. The molecule has 0 unspecified atom stereocenters. The number of benzene rings is 2. The Kier molecular flexibility index (Phi) is 5.39. The highest BCUT2D eigenvalue weighted by Gasteiger charge is 2.17. The van der Waals surface area contributed by atoms with E-state index < -0.39 is 0 Å². The number of hydrogen-bond acceptors (Lipinski definition) is 4. The van der Waals surface area contributed by atoms with Gasteiger partial charge in [-0.1, -0.05) is 23.7 Å². The fourth-order valence-electron chi connectivity index (χ4n) is 3.20. The second-order valence-electron chi connectivity index (χ2n) is 6.50. The average Bonchev–Trinajstić information content (AvgIpc) is 3.15. The third-order valence-electron chi connectivity index (χ3n) is 4.61. The standard InChI is InChI=1S/C20H22ClN3O2/c21-17-4-2-15(3-5-17)14-24(9-8-20-25-10-1-11-26-20)18-6-7-19-16(12-18)13-22-23-19/h2-7,12-13,20H,1,8-11,14H2,(H,22,23). The zero-order valence-electron chi connectivity index (χ0n) is 14.5. The Morgan fingerprint density at radius 2 is 1.92 bits per heavy atom. The van der Waals surface area contributed by atoms with E-state index in [2.05, 4.69) is 45.4 Å². The zero-order valence-corrected chi connectivity index (χ0v) is 15.3. The second-order valence-corrected chi connectivity index (χ2v) is 6.94. The molecule has 5 nitrogen and oxygen atoms in total. The van der Waals surface area contributed by atoms with Crippen molar-refractivity contribution < 1.29 is 9.47 Å². The highest BCUT2D eigenvalue weighted by molar-refractivity contribution is 6.30. The number of aromatic amines is 1. The van der Waals surface area contributed by atoms with E-state index in [1.165, 1.54) is 5.56 Å². The lowest BCUT2D eigenvalue weighted by Crippen LogP contribution is -2.31. The van der Waals surface area contributed by atoms with Gasteiger partial charge in [0, 0.05) is 35.6 Å². The summed E-state index contributed by atoms with van der Waals surface area (Å²) < 4.78 is 11.4. The molecule has 0 spiro atoms. The van der Waals surface area contributed by atoms with Gasteiger partial charge in [0.2, 0.25) is 0 Å². The molecule has 0 amide bonds. The molecule has 4 rings (SSSR count). The summed E-state index contributed by atoms with van der Waals surface area (Å²) >= 11 is 6.02. The molecule has 1 aromatic heterocycles. The Hall–Kier alpha value is -2.08. The van der Waals surface area contributed by atoms with Crippen molar-refractivity contribution in [3.05, 3.63) is 59.2 Å². The van der Waals surface area contributed by atoms with Gasteiger partial charge in [-0.2, -0.15) is 5.10 Å². The summed E-state index contributed by atoms with van der Waals surface area (Å²) in [5.41, 5.74) is 3.41. The van der Waals surface area contributed by atoms with Crippen LogP contribution in [0.15, 0.2) is 48.7 Å². The SMILES string of the molecule is Clc1ccc(CN(CCC2OCCCO2)c2ccc3[nH]ncc3c2)cc1. The Bertz CT molecular complexity index is 844. The van der Waals surface area contributed by atoms with Crippen LogP contribution >= 0.6 is 11.6 Å². The van der Waals surface area contributed by atoms with Crippen LogP contribution < -0.4 is 4.90 Å². The largest absolute Gasteiger partial charge is 0.367 e. The van der Waals surface area contributed by atoms with E-state index in [-0.39, 0.29) is 6.29 Å². The van der Waals surface area contributed by atoms with Crippen molar-refractivity contribution in [2.45, 2.75) is 25.7 Å². The number of nitrogens with zero attached hydrogens (tertiary/aromatic N) is 2. The zero-order chi connectivity index (χ0) is 17.8. The van der Waals surface area contributed by atoms with Gasteiger partial charge in [0.05, 0.1) is 24.9 Å². The lowest BCUT2D eigenvalue weighted by atomic mass is 10.1. The fraction of sp³-hybridized carbons (Fsp3) is 0.350. The topological polar surface area (TPSA) is 50.4 Å². The van der Waals surface area contributed by atoms with Gasteiger partial charge in [-0.05, 0) is 42.3 Å². The number of nitrogens with one attached hydrogen (secondary N) is 1. The Labute approximate surface area is 157 Å². The molecule has 1 aliphatic rings. The summed E-state index contributed by atoms with van der Waals surface area (Å²) in [5.74, 6) is 0. The maximum absolute atomic E-state index is 6.02. The molecular weight excluding hydrogens is 350 g/mol.